The molecule has 1 fully saturated rings. The number of nitrogens with zero attached hydrogens (tertiary/aromatic N) is 1. The van der Waals surface area contributed by atoms with Crippen LogP contribution in [0.5, 0.6) is 0 Å². The first-order chi connectivity index (χ1) is 7.33. The Morgan fingerprint density at radius 2 is 1.93 bits per heavy atom. The van der Waals surface area contributed by atoms with Crippen molar-refractivity contribution in [2.45, 2.75) is 32.1 Å². The first-order valence-corrected chi connectivity index (χ1v) is 6.20. The Morgan fingerprint density at radius 3 is 2.60 bits per heavy atom. The highest BCUT2D eigenvalue weighted by Gasteiger charge is 2.13. The Balaban J connectivity index is 1.97. The quantitative estimate of drug-likeness (QED) is 0.653. The van der Waals surface area contributed by atoms with Crippen LogP contribution in [0.15, 0.2) is 0 Å². The fourth-order valence-electron chi connectivity index (χ4n) is 2.04. The first kappa shape index (κ1) is 12.9. The van der Waals surface area contributed by atoms with Gasteiger partial charge in [0.2, 0.25) is 0 Å². The monoisotopic (exact) mass is 215 g/mol. The fraction of sp³-hybridized carbons (Fsp3) is 1.00. The van der Waals surface area contributed by atoms with Gasteiger partial charge in [-0.25, -0.2) is 0 Å². The van der Waals surface area contributed by atoms with Crippen LogP contribution in [0.25, 0.3) is 0 Å². The van der Waals surface area contributed by atoms with E-state index in [4.69, 9.17) is 9.84 Å². The van der Waals surface area contributed by atoms with Gasteiger partial charge in [0, 0.05) is 19.8 Å². The minimum absolute atomic E-state index is 0.327. The van der Waals surface area contributed by atoms with E-state index in [9.17, 15) is 0 Å². The molecule has 1 saturated heterocycles. The SMILES string of the molecule is CN(CCCCO)CCC1CCOCC1. The molecule has 3 heteroatoms. The summed E-state index contributed by atoms with van der Waals surface area (Å²) in [6.07, 6.45) is 5.83. The maximum absolute atomic E-state index is 8.68. The summed E-state index contributed by atoms with van der Waals surface area (Å²) >= 11 is 0. The second-order valence-electron chi connectivity index (χ2n) is 4.58. The molecule has 0 spiro atoms. The Labute approximate surface area is 93.4 Å². The molecular formula is C12H25NO2. The summed E-state index contributed by atoms with van der Waals surface area (Å²) in [4.78, 5) is 2.38. The number of unbranched alkanes of at least 4 members (excludes halogenated alkanes) is 1. The van der Waals surface area contributed by atoms with E-state index in [-0.39, 0.29) is 0 Å². The van der Waals surface area contributed by atoms with Gasteiger partial charge in [0.15, 0.2) is 0 Å². The number of ether oxygens (including phenoxy) is 1. The summed E-state index contributed by atoms with van der Waals surface area (Å²) in [6.45, 7) is 4.55. The lowest BCUT2D eigenvalue weighted by molar-refractivity contribution is 0.0609. The van der Waals surface area contributed by atoms with E-state index in [2.05, 4.69) is 11.9 Å². The molecule has 0 aliphatic carbocycles. The molecule has 0 atom stereocenters. The van der Waals surface area contributed by atoms with Gasteiger partial charge in [-0.3, -0.25) is 0 Å². The number of hydrogen-bond donors (Lipinski definition) is 1. The zero-order chi connectivity index (χ0) is 10.9. The van der Waals surface area contributed by atoms with Crippen LogP contribution >= 0.6 is 0 Å². The van der Waals surface area contributed by atoms with Crippen molar-refractivity contribution >= 4 is 0 Å². The highest BCUT2D eigenvalue weighted by molar-refractivity contribution is 4.65. The molecule has 1 aliphatic heterocycles. The van der Waals surface area contributed by atoms with Crippen LogP contribution in [0.1, 0.15) is 32.1 Å². The Bertz CT molecular complexity index is 147. The smallest absolute Gasteiger partial charge is 0.0468 e. The van der Waals surface area contributed by atoms with Crippen LogP contribution in [0.4, 0.5) is 0 Å². The van der Waals surface area contributed by atoms with Crippen molar-refractivity contribution in [3.8, 4) is 0 Å². The summed E-state index contributed by atoms with van der Waals surface area (Å²) in [5.41, 5.74) is 0. The van der Waals surface area contributed by atoms with Crippen molar-refractivity contribution < 1.29 is 9.84 Å². The van der Waals surface area contributed by atoms with Crippen LogP contribution in [0, 0.1) is 5.92 Å². The largest absolute Gasteiger partial charge is 0.396 e. The van der Waals surface area contributed by atoms with Crippen LogP contribution < -0.4 is 0 Å². The highest BCUT2D eigenvalue weighted by atomic mass is 16.5. The molecule has 90 valence electrons. The van der Waals surface area contributed by atoms with E-state index < -0.39 is 0 Å². The average molecular weight is 215 g/mol. The van der Waals surface area contributed by atoms with Gasteiger partial charge in [0.25, 0.3) is 0 Å². The lowest BCUT2D eigenvalue weighted by Crippen LogP contribution is -2.25. The molecule has 0 unspecified atom stereocenters. The molecule has 0 saturated carbocycles. The second-order valence-corrected chi connectivity index (χ2v) is 4.58. The van der Waals surface area contributed by atoms with Gasteiger partial charge in [-0.2, -0.15) is 0 Å². The van der Waals surface area contributed by atoms with Crippen molar-refractivity contribution in [1.82, 2.24) is 4.90 Å². The zero-order valence-electron chi connectivity index (χ0n) is 9.95. The molecule has 1 aliphatic rings. The van der Waals surface area contributed by atoms with E-state index >= 15 is 0 Å². The summed E-state index contributed by atoms with van der Waals surface area (Å²) in [5.74, 6) is 0.874. The Hall–Kier alpha value is -0.120. The van der Waals surface area contributed by atoms with Gasteiger partial charge in [-0.05, 0) is 58.2 Å². The van der Waals surface area contributed by atoms with E-state index in [1.165, 1.54) is 25.8 Å². The maximum atomic E-state index is 8.68. The molecule has 0 aromatic rings. The molecule has 0 aromatic carbocycles. The van der Waals surface area contributed by atoms with Gasteiger partial charge in [0.1, 0.15) is 0 Å². The van der Waals surface area contributed by atoms with Crippen LogP contribution in [0.3, 0.4) is 0 Å². The van der Waals surface area contributed by atoms with Crippen molar-refractivity contribution in [1.29, 1.82) is 0 Å². The number of aliphatic hydroxyl groups is 1. The third kappa shape index (κ3) is 6.13. The third-order valence-corrected chi connectivity index (χ3v) is 3.21. The van der Waals surface area contributed by atoms with Crippen molar-refractivity contribution in [2.24, 2.45) is 5.92 Å². The van der Waals surface area contributed by atoms with Crippen LogP contribution in [-0.4, -0.2) is 50.0 Å². The standard InChI is InChI=1S/C12H25NO2/c1-13(7-2-3-9-14)8-4-12-5-10-15-11-6-12/h12,14H,2-11H2,1H3. The fourth-order valence-corrected chi connectivity index (χ4v) is 2.04. The van der Waals surface area contributed by atoms with Crippen molar-refractivity contribution in [3.63, 3.8) is 0 Å². The first-order valence-electron chi connectivity index (χ1n) is 6.20. The van der Waals surface area contributed by atoms with E-state index in [0.29, 0.717) is 6.61 Å². The third-order valence-electron chi connectivity index (χ3n) is 3.21. The van der Waals surface area contributed by atoms with Gasteiger partial charge in [-0.15, -0.1) is 0 Å². The zero-order valence-corrected chi connectivity index (χ0v) is 9.95. The topological polar surface area (TPSA) is 32.7 Å². The number of aliphatic hydroxyl groups excluding tert-OH is 1. The minimum Gasteiger partial charge on any atom is -0.396 e. The molecule has 15 heavy (non-hydrogen) atoms. The van der Waals surface area contributed by atoms with Gasteiger partial charge in [0.05, 0.1) is 0 Å². The maximum Gasteiger partial charge on any atom is 0.0468 e. The molecule has 1 heterocycles. The van der Waals surface area contributed by atoms with Gasteiger partial charge in [-0.1, -0.05) is 0 Å². The molecular weight excluding hydrogens is 190 g/mol. The summed E-state index contributed by atoms with van der Waals surface area (Å²) in [7, 11) is 2.18. The molecule has 3 nitrogen and oxygen atoms in total. The molecule has 1 rings (SSSR count). The van der Waals surface area contributed by atoms with Gasteiger partial charge < -0.3 is 14.7 Å². The predicted octanol–water partition coefficient (Wildman–Crippen LogP) is 1.51. The van der Waals surface area contributed by atoms with Crippen molar-refractivity contribution in [2.75, 3.05) is 40.0 Å². The number of rotatable bonds is 7. The Kier molecular flexibility index (Phi) is 6.98. The molecule has 0 bridgehead atoms. The summed E-state index contributed by atoms with van der Waals surface area (Å²) < 4.78 is 5.34. The lowest BCUT2D eigenvalue weighted by atomic mass is 9.96. The molecule has 1 N–H and O–H groups in total. The molecule has 0 amide bonds. The minimum atomic E-state index is 0.327. The lowest BCUT2D eigenvalue weighted by Gasteiger charge is -2.24. The number of hydrogen-bond acceptors (Lipinski definition) is 3. The molecule has 0 aromatic heterocycles. The highest BCUT2D eigenvalue weighted by Crippen LogP contribution is 2.18. The predicted molar refractivity (Wildman–Crippen MR) is 62.0 cm³/mol. The average Bonchev–Trinajstić information content (AvgIpc) is 2.28. The molecule has 0 radical (unpaired) electrons. The Morgan fingerprint density at radius 1 is 1.20 bits per heavy atom. The summed E-state index contributed by atoms with van der Waals surface area (Å²) in [5, 5.41) is 8.68. The van der Waals surface area contributed by atoms with Gasteiger partial charge >= 0.3 is 0 Å². The van der Waals surface area contributed by atoms with E-state index in [1.807, 2.05) is 0 Å². The van der Waals surface area contributed by atoms with Crippen LogP contribution in [0.2, 0.25) is 0 Å². The van der Waals surface area contributed by atoms with Crippen molar-refractivity contribution in [3.05, 3.63) is 0 Å². The second kappa shape index (κ2) is 8.08. The van der Waals surface area contributed by atoms with Crippen LogP contribution in [-0.2, 0) is 4.74 Å². The van der Waals surface area contributed by atoms with E-state index in [0.717, 1.165) is 38.5 Å². The summed E-state index contributed by atoms with van der Waals surface area (Å²) in [6, 6.07) is 0. The van der Waals surface area contributed by atoms with E-state index in [1.54, 1.807) is 0 Å². The normalized spacial score (nSPS) is 18.6.